The van der Waals surface area contributed by atoms with Crippen molar-refractivity contribution in [2.45, 2.75) is 69.4 Å². The van der Waals surface area contributed by atoms with E-state index in [1.165, 1.54) is 57.8 Å². The van der Waals surface area contributed by atoms with E-state index in [9.17, 15) is 0 Å². The quantitative estimate of drug-likeness (QED) is 0.793. The molecule has 0 aromatic heterocycles. The number of hydrogen-bond donors (Lipinski definition) is 1. The van der Waals surface area contributed by atoms with Gasteiger partial charge in [-0.25, -0.2) is 0 Å². The van der Waals surface area contributed by atoms with Gasteiger partial charge in [-0.2, -0.15) is 0 Å². The van der Waals surface area contributed by atoms with Crippen LogP contribution in [-0.4, -0.2) is 25.3 Å². The van der Waals surface area contributed by atoms with Crippen LogP contribution in [0, 0.1) is 11.8 Å². The zero-order valence-corrected chi connectivity index (χ0v) is 11.2. The van der Waals surface area contributed by atoms with E-state index in [0.29, 0.717) is 0 Å². The molecule has 98 valence electrons. The summed E-state index contributed by atoms with van der Waals surface area (Å²) in [5.74, 6) is 2.05. The topological polar surface area (TPSA) is 21.3 Å². The summed E-state index contributed by atoms with van der Waals surface area (Å²) in [5.41, 5.74) is 0.200. The summed E-state index contributed by atoms with van der Waals surface area (Å²) < 4.78 is 5.71. The Morgan fingerprint density at radius 2 is 1.82 bits per heavy atom. The Morgan fingerprint density at radius 3 is 2.41 bits per heavy atom. The van der Waals surface area contributed by atoms with Crippen LogP contribution in [0.15, 0.2) is 0 Å². The molecular weight excluding hydrogens is 210 g/mol. The molecule has 2 atom stereocenters. The second-order valence-corrected chi connectivity index (χ2v) is 6.51. The van der Waals surface area contributed by atoms with Gasteiger partial charge in [0, 0.05) is 19.7 Å². The van der Waals surface area contributed by atoms with Crippen LogP contribution in [0.3, 0.4) is 0 Å². The van der Waals surface area contributed by atoms with Crippen LogP contribution >= 0.6 is 0 Å². The van der Waals surface area contributed by atoms with Crippen LogP contribution in [-0.2, 0) is 4.74 Å². The molecule has 2 nitrogen and oxygen atoms in total. The third-order valence-electron chi connectivity index (χ3n) is 5.43. The Hall–Kier alpha value is -0.0800. The molecule has 0 spiro atoms. The van der Waals surface area contributed by atoms with Gasteiger partial charge in [0.25, 0.3) is 0 Å². The average molecular weight is 237 g/mol. The zero-order valence-electron chi connectivity index (χ0n) is 11.2. The molecule has 0 amide bonds. The Kier molecular flexibility index (Phi) is 3.45. The second-order valence-electron chi connectivity index (χ2n) is 6.51. The number of methoxy groups -OCH3 is 1. The maximum absolute atomic E-state index is 5.71. The lowest BCUT2D eigenvalue weighted by molar-refractivity contribution is -0.0726. The molecule has 0 unspecified atom stereocenters. The van der Waals surface area contributed by atoms with Crippen LogP contribution < -0.4 is 5.32 Å². The van der Waals surface area contributed by atoms with Gasteiger partial charge in [0.05, 0.1) is 5.60 Å². The van der Waals surface area contributed by atoms with Gasteiger partial charge in [0.1, 0.15) is 0 Å². The molecule has 2 heteroatoms. The summed E-state index contributed by atoms with van der Waals surface area (Å²) in [6, 6.07) is 0.795. The van der Waals surface area contributed by atoms with Crippen molar-refractivity contribution >= 4 is 0 Å². The van der Waals surface area contributed by atoms with Crippen LogP contribution in [0.2, 0.25) is 0 Å². The summed E-state index contributed by atoms with van der Waals surface area (Å²) >= 11 is 0. The fraction of sp³-hybridized carbons (Fsp3) is 1.00. The van der Waals surface area contributed by atoms with Gasteiger partial charge in [-0.15, -0.1) is 0 Å². The predicted octanol–water partition coefficient (Wildman–Crippen LogP) is 3.11. The Labute approximate surface area is 105 Å². The van der Waals surface area contributed by atoms with Gasteiger partial charge < -0.3 is 10.1 Å². The van der Waals surface area contributed by atoms with E-state index < -0.39 is 0 Å². The fourth-order valence-electron chi connectivity index (χ4n) is 3.84. The largest absolute Gasteiger partial charge is 0.377 e. The van der Waals surface area contributed by atoms with E-state index in [0.717, 1.165) is 24.4 Å². The highest BCUT2D eigenvalue weighted by atomic mass is 16.5. The summed E-state index contributed by atoms with van der Waals surface area (Å²) in [6.07, 6.45) is 12.6. The van der Waals surface area contributed by atoms with Crippen LogP contribution in [0.4, 0.5) is 0 Å². The van der Waals surface area contributed by atoms with E-state index in [1.54, 1.807) is 0 Å². The highest BCUT2D eigenvalue weighted by molar-refractivity contribution is 4.96. The average Bonchev–Trinajstić information content (AvgIpc) is 3.13. The first kappa shape index (κ1) is 12.0. The van der Waals surface area contributed by atoms with Crippen LogP contribution in [0.5, 0.6) is 0 Å². The molecule has 3 rings (SSSR count). The normalized spacial score (nSPS) is 36.5. The third kappa shape index (κ3) is 2.53. The first-order chi connectivity index (χ1) is 8.33. The molecule has 0 aromatic carbocycles. The number of ether oxygens (including phenoxy) is 1. The van der Waals surface area contributed by atoms with Crippen LogP contribution in [0.1, 0.15) is 57.8 Å². The molecule has 0 radical (unpaired) electrons. The lowest BCUT2D eigenvalue weighted by Crippen LogP contribution is -2.52. The molecule has 3 aliphatic rings. The molecule has 0 saturated heterocycles. The monoisotopic (exact) mass is 237 g/mol. The van der Waals surface area contributed by atoms with Crippen molar-refractivity contribution in [2.24, 2.45) is 11.8 Å². The van der Waals surface area contributed by atoms with Gasteiger partial charge in [-0.1, -0.05) is 12.8 Å². The maximum Gasteiger partial charge on any atom is 0.0802 e. The van der Waals surface area contributed by atoms with Gasteiger partial charge in [-0.3, -0.25) is 0 Å². The number of hydrogen-bond acceptors (Lipinski definition) is 2. The molecule has 0 heterocycles. The number of nitrogens with one attached hydrogen (secondary N) is 1. The first-order valence-corrected chi connectivity index (χ1v) is 7.61. The molecule has 3 fully saturated rings. The SMILES string of the molecule is COC1(CN[C@@H]2CCCC[C@H]2C2CC2)CCC1. The smallest absolute Gasteiger partial charge is 0.0802 e. The van der Waals surface area contributed by atoms with E-state index >= 15 is 0 Å². The maximum atomic E-state index is 5.71. The molecule has 0 aliphatic heterocycles. The van der Waals surface area contributed by atoms with Crippen LogP contribution in [0.25, 0.3) is 0 Å². The van der Waals surface area contributed by atoms with E-state index in [2.05, 4.69) is 5.32 Å². The summed E-state index contributed by atoms with van der Waals surface area (Å²) in [7, 11) is 1.89. The van der Waals surface area contributed by atoms with Crippen molar-refractivity contribution in [3.8, 4) is 0 Å². The molecule has 1 N–H and O–H groups in total. The lowest BCUT2D eigenvalue weighted by atomic mass is 9.78. The molecular formula is C15H27NO. The minimum absolute atomic E-state index is 0.200. The van der Waals surface area contributed by atoms with Gasteiger partial charge >= 0.3 is 0 Å². The van der Waals surface area contributed by atoms with Gasteiger partial charge in [-0.05, 0) is 56.8 Å². The third-order valence-corrected chi connectivity index (χ3v) is 5.43. The predicted molar refractivity (Wildman–Crippen MR) is 70.1 cm³/mol. The summed E-state index contributed by atoms with van der Waals surface area (Å²) in [4.78, 5) is 0. The van der Waals surface area contributed by atoms with Crippen molar-refractivity contribution in [1.29, 1.82) is 0 Å². The Bertz CT molecular complexity index is 252. The highest BCUT2D eigenvalue weighted by Crippen LogP contribution is 2.44. The van der Waals surface area contributed by atoms with Crippen molar-refractivity contribution in [2.75, 3.05) is 13.7 Å². The molecule has 3 saturated carbocycles. The minimum Gasteiger partial charge on any atom is -0.377 e. The van der Waals surface area contributed by atoms with Gasteiger partial charge in [0.2, 0.25) is 0 Å². The Morgan fingerprint density at radius 1 is 1.06 bits per heavy atom. The van der Waals surface area contributed by atoms with Crippen molar-refractivity contribution in [3.63, 3.8) is 0 Å². The van der Waals surface area contributed by atoms with E-state index in [-0.39, 0.29) is 5.60 Å². The molecule has 0 aromatic rings. The summed E-state index contributed by atoms with van der Waals surface area (Å²) in [6.45, 7) is 1.09. The van der Waals surface area contributed by atoms with Crippen molar-refractivity contribution in [1.82, 2.24) is 5.32 Å². The van der Waals surface area contributed by atoms with Crippen molar-refractivity contribution in [3.05, 3.63) is 0 Å². The van der Waals surface area contributed by atoms with E-state index in [4.69, 9.17) is 4.74 Å². The van der Waals surface area contributed by atoms with Crippen molar-refractivity contribution < 1.29 is 4.74 Å². The second kappa shape index (κ2) is 4.89. The number of rotatable bonds is 5. The van der Waals surface area contributed by atoms with E-state index in [1.807, 2.05) is 7.11 Å². The van der Waals surface area contributed by atoms with Gasteiger partial charge in [0.15, 0.2) is 0 Å². The first-order valence-electron chi connectivity index (χ1n) is 7.61. The highest BCUT2D eigenvalue weighted by Gasteiger charge is 2.41. The fourth-order valence-corrected chi connectivity index (χ4v) is 3.84. The molecule has 3 aliphatic carbocycles. The summed E-state index contributed by atoms with van der Waals surface area (Å²) in [5, 5.41) is 3.86. The standard InChI is InChI=1S/C15H27NO/c1-17-15(9-4-10-15)11-16-14-6-3-2-5-13(14)12-7-8-12/h12-14,16H,2-11H2,1H3/t13-,14+/m0/s1. The Balaban J connectivity index is 1.52. The zero-order chi connectivity index (χ0) is 11.7. The molecule has 17 heavy (non-hydrogen) atoms. The molecule has 0 bridgehead atoms. The minimum atomic E-state index is 0.200. The lowest BCUT2D eigenvalue weighted by Gasteiger charge is -2.43.